The maximum absolute atomic E-state index is 12.7. The van der Waals surface area contributed by atoms with Gasteiger partial charge in [-0.05, 0) is 43.4 Å². The number of carbonyl (C=O) groups is 2. The number of ether oxygens (including phenoxy) is 1. The van der Waals surface area contributed by atoms with Crippen LogP contribution in [0.5, 0.6) is 0 Å². The lowest BCUT2D eigenvalue weighted by molar-refractivity contribution is -0.149. The van der Waals surface area contributed by atoms with Crippen molar-refractivity contribution in [3.05, 3.63) is 34.9 Å². The van der Waals surface area contributed by atoms with Gasteiger partial charge in [0.15, 0.2) is 0 Å². The van der Waals surface area contributed by atoms with Crippen LogP contribution in [0.3, 0.4) is 0 Å². The molecule has 0 aromatic heterocycles. The number of carboxylic acids is 1. The van der Waals surface area contributed by atoms with Gasteiger partial charge in [0.1, 0.15) is 6.10 Å². The van der Waals surface area contributed by atoms with Crippen LogP contribution in [0.4, 0.5) is 4.79 Å². The van der Waals surface area contributed by atoms with Crippen LogP contribution in [0.15, 0.2) is 24.3 Å². The fourth-order valence-corrected chi connectivity index (χ4v) is 4.56. The second-order valence-corrected chi connectivity index (χ2v) is 7.81. The Balaban J connectivity index is 1.66. The minimum Gasteiger partial charge on any atom is -0.481 e. The van der Waals surface area contributed by atoms with Crippen LogP contribution in [0, 0.1) is 11.3 Å². The van der Waals surface area contributed by atoms with Crippen molar-refractivity contribution in [1.29, 1.82) is 0 Å². The van der Waals surface area contributed by atoms with Gasteiger partial charge in [0, 0.05) is 25.2 Å². The van der Waals surface area contributed by atoms with E-state index in [1.54, 1.807) is 24.1 Å². The van der Waals surface area contributed by atoms with E-state index in [4.69, 9.17) is 16.3 Å². The Labute approximate surface area is 158 Å². The Kier molecular flexibility index (Phi) is 5.44. The predicted octanol–water partition coefficient (Wildman–Crippen LogP) is 3.31. The first-order valence-electron chi connectivity index (χ1n) is 8.94. The molecule has 1 aliphatic heterocycles. The number of carboxylic acid groups (broad SMARTS) is 1. The standard InChI is InChI=1S/C19H25ClN2O4/c1-12(16(26-2)13-5-7-15(20)8-6-13)21-18(25)22-10-14-4-3-9-19(14,11-22)17(23)24/h5-8,12,14,16H,3-4,9-11H2,1-2H3,(H,21,25)(H,23,24)/t12?,14-,16?,19+/m0/s1. The predicted molar refractivity (Wildman–Crippen MR) is 98.2 cm³/mol. The fraction of sp³-hybridized carbons (Fsp3) is 0.579. The summed E-state index contributed by atoms with van der Waals surface area (Å²) in [5.41, 5.74) is 0.155. The summed E-state index contributed by atoms with van der Waals surface area (Å²) in [6.45, 7) is 2.66. The van der Waals surface area contributed by atoms with Crippen molar-refractivity contribution < 1.29 is 19.4 Å². The van der Waals surface area contributed by atoms with Crippen LogP contribution in [0.25, 0.3) is 0 Å². The Bertz CT molecular complexity index is 681. The first-order valence-corrected chi connectivity index (χ1v) is 9.32. The molecule has 142 valence electrons. The lowest BCUT2D eigenvalue weighted by Crippen LogP contribution is -2.46. The SMILES string of the molecule is COC(c1ccc(Cl)cc1)C(C)NC(=O)N1C[C@@H]2CCC[C@@]2(C(=O)O)C1. The van der Waals surface area contributed by atoms with Crippen molar-refractivity contribution in [3.63, 3.8) is 0 Å². The number of halogens is 1. The molecule has 2 unspecified atom stereocenters. The number of hydrogen-bond donors (Lipinski definition) is 2. The zero-order valence-corrected chi connectivity index (χ0v) is 15.8. The molecule has 0 radical (unpaired) electrons. The van der Waals surface area contributed by atoms with Crippen molar-refractivity contribution >= 4 is 23.6 Å². The number of hydrogen-bond acceptors (Lipinski definition) is 3. The number of fused-ring (bicyclic) bond motifs is 1. The molecule has 2 fully saturated rings. The maximum Gasteiger partial charge on any atom is 0.317 e. The second kappa shape index (κ2) is 7.45. The molecule has 0 spiro atoms. The van der Waals surface area contributed by atoms with Crippen molar-refractivity contribution in [2.24, 2.45) is 11.3 Å². The molecule has 1 heterocycles. The average molecular weight is 381 g/mol. The van der Waals surface area contributed by atoms with Gasteiger partial charge >= 0.3 is 12.0 Å². The van der Waals surface area contributed by atoms with E-state index in [1.165, 1.54) is 0 Å². The summed E-state index contributed by atoms with van der Waals surface area (Å²) in [6.07, 6.45) is 2.13. The third-order valence-electron chi connectivity index (χ3n) is 5.84. The topological polar surface area (TPSA) is 78.9 Å². The first kappa shape index (κ1) is 19.0. The Morgan fingerprint density at radius 3 is 2.65 bits per heavy atom. The van der Waals surface area contributed by atoms with Gasteiger partial charge in [-0.2, -0.15) is 0 Å². The van der Waals surface area contributed by atoms with E-state index in [2.05, 4.69) is 5.32 Å². The quantitative estimate of drug-likeness (QED) is 0.821. The molecule has 3 rings (SSSR count). The Morgan fingerprint density at radius 2 is 2.08 bits per heavy atom. The fourth-order valence-electron chi connectivity index (χ4n) is 4.44. The summed E-state index contributed by atoms with van der Waals surface area (Å²) in [4.78, 5) is 26.1. The number of amides is 2. The molecule has 2 aliphatic rings. The van der Waals surface area contributed by atoms with Crippen LogP contribution < -0.4 is 5.32 Å². The average Bonchev–Trinajstić information content (AvgIpc) is 3.15. The van der Waals surface area contributed by atoms with Crippen molar-refractivity contribution in [1.82, 2.24) is 10.2 Å². The van der Waals surface area contributed by atoms with Crippen LogP contribution >= 0.6 is 11.6 Å². The summed E-state index contributed by atoms with van der Waals surface area (Å²) in [7, 11) is 1.60. The maximum atomic E-state index is 12.7. The summed E-state index contributed by atoms with van der Waals surface area (Å²) < 4.78 is 5.56. The molecule has 26 heavy (non-hydrogen) atoms. The number of likely N-dealkylation sites (tertiary alicyclic amines) is 1. The summed E-state index contributed by atoms with van der Waals surface area (Å²) >= 11 is 5.93. The first-order chi connectivity index (χ1) is 12.4. The molecule has 7 heteroatoms. The molecular weight excluding hydrogens is 356 g/mol. The number of aliphatic carboxylic acids is 1. The van der Waals surface area contributed by atoms with E-state index in [1.807, 2.05) is 19.1 Å². The van der Waals surface area contributed by atoms with E-state index in [9.17, 15) is 14.7 Å². The van der Waals surface area contributed by atoms with Crippen LogP contribution in [-0.2, 0) is 9.53 Å². The summed E-state index contributed by atoms with van der Waals surface area (Å²) in [6, 6.07) is 6.82. The molecular formula is C19H25ClN2O4. The molecule has 2 amide bonds. The lowest BCUT2D eigenvalue weighted by atomic mass is 9.81. The Hall–Kier alpha value is -1.79. The molecule has 1 aromatic rings. The van der Waals surface area contributed by atoms with Crippen LogP contribution in [0.1, 0.15) is 37.9 Å². The molecule has 2 N–H and O–H groups in total. The normalized spacial score (nSPS) is 27.0. The van der Waals surface area contributed by atoms with E-state index in [-0.39, 0.29) is 30.6 Å². The highest BCUT2D eigenvalue weighted by Gasteiger charge is 2.55. The van der Waals surface area contributed by atoms with Gasteiger partial charge in [0.05, 0.1) is 11.5 Å². The van der Waals surface area contributed by atoms with E-state index < -0.39 is 11.4 Å². The van der Waals surface area contributed by atoms with Gasteiger partial charge < -0.3 is 20.1 Å². The largest absolute Gasteiger partial charge is 0.481 e. The smallest absolute Gasteiger partial charge is 0.317 e. The number of methoxy groups -OCH3 is 1. The zero-order chi connectivity index (χ0) is 18.9. The van der Waals surface area contributed by atoms with E-state index >= 15 is 0 Å². The molecule has 6 nitrogen and oxygen atoms in total. The van der Waals surface area contributed by atoms with Gasteiger partial charge in [-0.3, -0.25) is 4.79 Å². The Morgan fingerprint density at radius 1 is 1.38 bits per heavy atom. The van der Waals surface area contributed by atoms with Crippen molar-refractivity contribution in [3.8, 4) is 0 Å². The highest BCUT2D eigenvalue weighted by molar-refractivity contribution is 6.30. The molecule has 1 saturated heterocycles. The second-order valence-electron chi connectivity index (χ2n) is 7.38. The van der Waals surface area contributed by atoms with Crippen molar-refractivity contribution in [2.45, 2.75) is 38.3 Å². The number of rotatable bonds is 5. The van der Waals surface area contributed by atoms with Gasteiger partial charge in [0.25, 0.3) is 0 Å². The number of carbonyl (C=O) groups excluding carboxylic acids is 1. The van der Waals surface area contributed by atoms with Crippen LogP contribution in [-0.4, -0.2) is 48.2 Å². The number of nitrogens with one attached hydrogen (secondary N) is 1. The van der Waals surface area contributed by atoms with Crippen molar-refractivity contribution in [2.75, 3.05) is 20.2 Å². The molecule has 1 aromatic carbocycles. The molecule has 1 aliphatic carbocycles. The minimum absolute atomic E-state index is 0.0514. The van der Waals surface area contributed by atoms with Crippen LogP contribution in [0.2, 0.25) is 5.02 Å². The minimum atomic E-state index is -0.778. The van der Waals surface area contributed by atoms with Gasteiger partial charge in [-0.25, -0.2) is 4.79 Å². The highest BCUT2D eigenvalue weighted by Crippen LogP contribution is 2.48. The third kappa shape index (κ3) is 3.40. The molecule has 1 saturated carbocycles. The van der Waals surface area contributed by atoms with E-state index in [0.29, 0.717) is 18.0 Å². The zero-order valence-electron chi connectivity index (χ0n) is 15.1. The third-order valence-corrected chi connectivity index (χ3v) is 6.09. The molecule has 0 bridgehead atoms. The van der Waals surface area contributed by atoms with Gasteiger partial charge in [-0.15, -0.1) is 0 Å². The lowest BCUT2D eigenvalue weighted by Gasteiger charge is -2.28. The highest BCUT2D eigenvalue weighted by atomic mass is 35.5. The number of benzene rings is 1. The van der Waals surface area contributed by atoms with Gasteiger partial charge in [0.2, 0.25) is 0 Å². The monoisotopic (exact) mass is 380 g/mol. The van der Waals surface area contributed by atoms with Gasteiger partial charge in [-0.1, -0.05) is 30.2 Å². The molecule has 4 atom stereocenters. The number of nitrogens with zero attached hydrogens (tertiary/aromatic N) is 1. The summed E-state index contributed by atoms with van der Waals surface area (Å²) in [5, 5.41) is 13.3. The van der Waals surface area contributed by atoms with E-state index in [0.717, 1.165) is 18.4 Å². The summed E-state index contributed by atoms with van der Waals surface area (Å²) in [5.74, 6) is -0.727. The number of urea groups is 1.